The van der Waals surface area contributed by atoms with Crippen molar-refractivity contribution < 1.29 is 41.7 Å². The number of ether oxygens (including phenoxy) is 3. The fraction of sp³-hybridized carbons (Fsp3) is 0.556. The highest BCUT2D eigenvalue weighted by Gasteiger charge is 2.48. The summed E-state index contributed by atoms with van der Waals surface area (Å²) in [6.07, 6.45) is 7.91. The third-order valence-electron chi connectivity index (χ3n) is 10.1. The van der Waals surface area contributed by atoms with Gasteiger partial charge in [-0.15, -0.1) is 0 Å². The second-order valence-electron chi connectivity index (χ2n) is 13.3. The Morgan fingerprint density at radius 3 is 2.26 bits per heavy atom. The minimum atomic E-state index is -4.23. The average Bonchev–Trinajstić information content (AvgIpc) is 3.52. The molecule has 13 nitrogen and oxygen atoms in total. The summed E-state index contributed by atoms with van der Waals surface area (Å²) >= 11 is 0. The first-order chi connectivity index (χ1) is 24.3. The van der Waals surface area contributed by atoms with Crippen LogP contribution < -0.4 is 14.5 Å². The van der Waals surface area contributed by atoms with Crippen molar-refractivity contribution in [1.29, 1.82) is 0 Å². The highest BCUT2D eigenvalue weighted by atomic mass is 32.2. The zero-order valence-electron chi connectivity index (χ0n) is 28.3. The molecular weight excluding hydrogens is 664 g/mol. The lowest BCUT2D eigenvalue weighted by atomic mass is 9.69. The van der Waals surface area contributed by atoms with Crippen LogP contribution in [0.5, 0.6) is 5.88 Å². The monoisotopic (exact) mass is 710 g/mol. The molecule has 0 amide bonds. The molecule has 4 atom stereocenters. The van der Waals surface area contributed by atoms with Crippen molar-refractivity contribution in [3.63, 3.8) is 0 Å². The van der Waals surface area contributed by atoms with E-state index in [2.05, 4.69) is 49.9 Å². The van der Waals surface area contributed by atoms with Crippen LogP contribution in [-0.2, 0) is 28.9 Å². The molecule has 3 saturated heterocycles. The number of aromatic nitrogens is 2. The second-order valence-corrected chi connectivity index (χ2v) is 15.2. The quantitative estimate of drug-likeness (QED) is 0.118. The van der Waals surface area contributed by atoms with Gasteiger partial charge in [0.15, 0.2) is 0 Å². The number of piperidine rings is 3. The lowest BCUT2D eigenvalue weighted by Gasteiger charge is -2.58. The van der Waals surface area contributed by atoms with Crippen LogP contribution in [0, 0.1) is 17.0 Å². The Kier molecular flexibility index (Phi) is 11.9. The maximum absolute atomic E-state index is 12.8. The van der Waals surface area contributed by atoms with Gasteiger partial charge in [-0.1, -0.05) is 36.4 Å². The molecule has 0 saturated carbocycles. The van der Waals surface area contributed by atoms with Crippen molar-refractivity contribution >= 4 is 27.5 Å². The van der Waals surface area contributed by atoms with Crippen LogP contribution in [0.15, 0.2) is 75.2 Å². The van der Waals surface area contributed by atoms with Crippen molar-refractivity contribution in [3.8, 4) is 5.88 Å². The third kappa shape index (κ3) is 8.40. The van der Waals surface area contributed by atoms with Gasteiger partial charge in [0.05, 0.1) is 42.7 Å². The standard InChI is InChI=1S/C36H46N4O9S/c41-32(19-20-33(42)47-24-11-25-48-35-36(40(43)49-37-35)50(44,45)29-15-5-2-6-16-29)46-23-8-7-18-31-30-17-10-22-38-21-9-12-27(34(30)38)26-39(31)28-13-3-1-4-14-28/h1-6,13-16,27,30-31,34H,7-12,17-26H2. The number of hydrogen-bond donors (Lipinski definition) is 0. The van der Waals surface area contributed by atoms with E-state index < -0.39 is 32.7 Å². The normalized spacial score (nSPS) is 22.0. The SMILES string of the molecule is O=C(CCC(=O)OCCCOc1no[n+]([O-])c1S(=O)(=O)c1ccccc1)OCCCCC1C2CCCN3CCCC(CN1c1ccccc1)C23. The van der Waals surface area contributed by atoms with E-state index in [-0.39, 0.29) is 42.3 Å². The lowest BCUT2D eigenvalue weighted by molar-refractivity contribution is -0.832. The Labute approximate surface area is 292 Å². The molecule has 1 aromatic heterocycles. The van der Waals surface area contributed by atoms with E-state index in [0.717, 1.165) is 31.7 Å². The van der Waals surface area contributed by atoms with Crippen LogP contribution >= 0.6 is 0 Å². The summed E-state index contributed by atoms with van der Waals surface area (Å²) in [5, 5.41) is 14.6. The molecular formula is C36H46N4O9S. The number of sulfone groups is 1. The number of para-hydroxylation sites is 1. The predicted molar refractivity (Wildman–Crippen MR) is 181 cm³/mol. The molecule has 4 unspecified atom stereocenters. The van der Waals surface area contributed by atoms with Gasteiger partial charge in [0.1, 0.15) is 0 Å². The summed E-state index contributed by atoms with van der Waals surface area (Å²) in [4.78, 5) is 29.6. The molecule has 270 valence electrons. The molecule has 3 aromatic rings. The largest absolute Gasteiger partial charge is 0.466 e. The molecule has 0 spiro atoms. The summed E-state index contributed by atoms with van der Waals surface area (Å²) in [5.74, 6) is -0.107. The molecule has 50 heavy (non-hydrogen) atoms. The van der Waals surface area contributed by atoms with Crippen molar-refractivity contribution in [3.05, 3.63) is 65.9 Å². The molecule has 14 heteroatoms. The number of nitrogens with zero attached hydrogens (tertiary/aromatic N) is 4. The van der Waals surface area contributed by atoms with Gasteiger partial charge in [0.25, 0.3) is 9.84 Å². The van der Waals surface area contributed by atoms with E-state index in [1.54, 1.807) is 6.07 Å². The first-order valence-electron chi connectivity index (χ1n) is 17.7. The molecule has 0 radical (unpaired) electrons. The second kappa shape index (κ2) is 16.7. The maximum atomic E-state index is 12.8. The van der Waals surface area contributed by atoms with Gasteiger partial charge < -0.3 is 24.3 Å². The van der Waals surface area contributed by atoms with Crippen molar-refractivity contribution in [2.45, 2.75) is 86.2 Å². The first-order valence-corrected chi connectivity index (χ1v) is 19.2. The van der Waals surface area contributed by atoms with Gasteiger partial charge in [0, 0.05) is 30.7 Å². The number of hydrogen-bond acceptors (Lipinski definition) is 12. The highest BCUT2D eigenvalue weighted by Crippen LogP contribution is 2.44. The van der Waals surface area contributed by atoms with Gasteiger partial charge in [0.2, 0.25) is 0 Å². The number of esters is 2. The number of unbranched alkanes of at least 4 members (excludes halogenated alkanes) is 1. The summed E-state index contributed by atoms with van der Waals surface area (Å²) in [6.45, 7) is 3.75. The number of rotatable bonds is 16. The van der Waals surface area contributed by atoms with Crippen LogP contribution in [0.2, 0.25) is 0 Å². The number of benzene rings is 2. The van der Waals surface area contributed by atoms with Crippen molar-refractivity contribution in [2.24, 2.45) is 11.8 Å². The molecule has 3 fully saturated rings. The van der Waals surface area contributed by atoms with Crippen LogP contribution in [-0.4, -0.2) is 82.0 Å². The summed E-state index contributed by atoms with van der Waals surface area (Å²) in [5.41, 5.74) is 1.31. The van der Waals surface area contributed by atoms with E-state index in [4.69, 9.17) is 14.2 Å². The molecule has 2 aromatic carbocycles. The molecule has 3 aliphatic heterocycles. The molecule has 0 aliphatic carbocycles. The Morgan fingerprint density at radius 2 is 1.54 bits per heavy atom. The zero-order chi connectivity index (χ0) is 34.9. The third-order valence-corrected chi connectivity index (χ3v) is 11.8. The molecule has 4 heterocycles. The Bertz CT molecular complexity index is 1670. The predicted octanol–water partition coefficient (Wildman–Crippen LogP) is 4.33. The minimum absolute atomic E-state index is 0.0363. The Morgan fingerprint density at radius 1 is 0.880 bits per heavy atom. The maximum Gasteiger partial charge on any atom is 0.414 e. The van der Waals surface area contributed by atoms with Gasteiger partial charge in [-0.05, 0) is 99.0 Å². The summed E-state index contributed by atoms with van der Waals surface area (Å²) < 4.78 is 46.1. The van der Waals surface area contributed by atoms with Crippen molar-refractivity contribution in [2.75, 3.05) is 44.4 Å². The molecule has 0 bridgehead atoms. The average molecular weight is 711 g/mol. The topological polar surface area (TPSA) is 155 Å². The minimum Gasteiger partial charge on any atom is -0.466 e. The van der Waals surface area contributed by atoms with Crippen LogP contribution in [0.3, 0.4) is 0 Å². The van der Waals surface area contributed by atoms with E-state index in [0.29, 0.717) is 24.6 Å². The number of carbonyl (C=O) groups is 2. The number of anilines is 1. The van der Waals surface area contributed by atoms with E-state index in [1.807, 2.05) is 0 Å². The van der Waals surface area contributed by atoms with Gasteiger partial charge in [-0.25, -0.2) is 8.42 Å². The molecule has 0 N–H and O–H groups in total. The van der Waals surface area contributed by atoms with E-state index >= 15 is 0 Å². The highest BCUT2D eigenvalue weighted by molar-refractivity contribution is 7.91. The fourth-order valence-electron chi connectivity index (χ4n) is 7.93. The van der Waals surface area contributed by atoms with Gasteiger partial charge >= 0.3 is 22.8 Å². The molecule has 6 rings (SSSR count). The summed E-state index contributed by atoms with van der Waals surface area (Å²) in [7, 11) is -4.23. The van der Waals surface area contributed by atoms with Gasteiger partial charge in [-0.2, -0.15) is 0 Å². The first kappa shape index (κ1) is 35.6. The fourth-order valence-corrected chi connectivity index (χ4v) is 9.22. The van der Waals surface area contributed by atoms with Crippen LogP contribution in [0.1, 0.15) is 64.2 Å². The Hall–Kier alpha value is -4.17. The van der Waals surface area contributed by atoms with E-state index in [1.165, 1.54) is 68.7 Å². The summed E-state index contributed by atoms with van der Waals surface area (Å²) in [6, 6.07) is 19.3. The smallest absolute Gasteiger partial charge is 0.414 e. The van der Waals surface area contributed by atoms with E-state index in [9.17, 15) is 23.2 Å². The van der Waals surface area contributed by atoms with Gasteiger partial charge in [-0.3, -0.25) is 19.1 Å². The Balaban J connectivity index is 0.876. The van der Waals surface area contributed by atoms with Crippen molar-refractivity contribution in [1.82, 2.24) is 10.1 Å². The lowest BCUT2D eigenvalue weighted by Crippen LogP contribution is -2.64. The van der Waals surface area contributed by atoms with Crippen LogP contribution in [0.25, 0.3) is 0 Å². The molecule has 3 aliphatic rings. The van der Waals surface area contributed by atoms with Crippen LogP contribution in [0.4, 0.5) is 5.69 Å². The zero-order valence-corrected chi connectivity index (χ0v) is 29.1. The number of carbonyl (C=O) groups excluding carboxylic acids is 2.